The lowest BCUT2D eigenvalue weighted by molar-refractivity contribution is 0.340. The molecular formula is C14H17NO3S2. The van der Waals surface area contributed by atoms with Gasteiger partial charge in [-0.3, -0.25) is 0 Å². The lowest BCUT2D eigenvalue weighted by Gasteiger charge is -2.13. The van der Waals surface area contributed by atoms with Crippen LogP contribution in [0.5, 0.6) is 5.75 Å². The number of hydrogen-bond acceptors (Lipinski definition) is 4. The summed E-state index contributed by atoms with van der Waals surface area (Å²) in [5.74, 6) is 0.665. The number of thiophene rings is 1. The predicted octanol–water partition coefficient (Wildman–Crippen LogP) is 3.19. The van der Waals surface area contributed by atoms with Crippen molar-refractivity contribution in [1.82, 2.24) is 4.72 Å². The summed E-state index contributed by atoms with van der Waals surface area (Å²) in [5, 5.41) is 1.93. The van der Waals surface area contributed by atoms with E-state index in [2.05, 4.69) is 4.72 Å². The Balaban J connectivity index is 2.13. The summed E-state index contributed by atoms with van der Waals surface area (Å²) in [5.41, 5.74) is 0. The molecule has 0 amide bonds. The second-order valence-electron chi connectivity index (χ2n) is 4.26. The largest absolute Gasteiger partial charge is 0.494 e. The molecule has 1 N–H and O–H groups in total. The Bertz CT molecular complexity index is 634. The van der Waals surface area contributed by atoms with E-state index >= 15 is 0 Å². The van der Waals surface area contributed by atoms with Crippen molar-refractivity contribution in [3.63, 3.8) is 0 Å². The summed E-state index contributed by atoms with van der Waals surface area (Å²) in [6.45, 7) is 4.27. The maximum Gasteiger partial charge on any atom is 0.241 e. The smallest absolute Gasteiger partial charge is 0.241 e. The van der Waals surface area contributed by atoms with Gasteiger partial charge in [0, 0.05) is 4.88 Å². The van der Waals surface area contributed by atoms with Gasteiger partial charge in [-0.15, -0.1) is 11.3 Å². The Hall–Kier alpha value is -1.37. The lowest BCUT2D eigenvalue weighted by Crippen LogP contribution is -2.26. The number of nitrogens with one attached hydrogen (secondary N) is 1. The van der Waals surface area contributed by atoms with Crippen LogP contribution in [0.4, 0.5) is 0 Å². The van der Waals surface area contributed by atoms with E-state index in [4.69, 9.17) is 4.74 Å². The van der Waals surface area contributed by atoms with Crippen LogP contribution in [0.25, 0.3) is 0 Å². The highest BCUT2D eigenvalue weighted by molar-refractivity contribution is 7.89. The highest BCUT2D eigenvalue weighted by Gasteiger charge is 2.18. The van der Waals surface area contributed by atoms with E-state index in [1.807, 2.05) is 31.4 Å². The molecule has 0 fully saturated rings. The maximum absolute atomic E-state index is 12.3. The second-order valence-corrected chi connectivity index (χ2v) is 6.96. The van der Waals surface area contributed by atoms with Gasteiger partial charge in [-0.1, -0.05) is 6.07 Å². The Labute approximate surface area is 123 Å². The molecule has 0 radical (unpaired) electrons. The van der Waals surface area contributed by atoms with E-state index < -0.39 is 10.0 Å². The molecule has 108 valence electrons. The molecule has 1 atom stereocenters. The van der Waals surface area contributed by atoms with Crippen molar-refractivity contribution in [2.75, 3.05) is 6.61 Å². The third kappa shape index (κ3) is 3.59. The van der Waals surface area contributed by atoms with Gasteiger partial charge in [0.05, 0.1) is 17.5 Å². The summed E-state index contributed by atoms with van der Waals surface area (Å²) in [7, 11) is -3.52. The van der Waals surface area contributed by atoms with Gasteiger partial charge in [0.15, 0.2) is 0 Å². The Morgan fingerprint density at radius 3 is 2.50 bits per heavy atom. The molecule has 0 spiro atoms. The van der Waals surface area contributed by atoms with Crippen molar-refractivity contribution in [2.24, 2.45) is 0 Å². The summed E-state index contributed by atoms with van der Waals surface area (Å²) in [6, 6.07) is 9.99. The van der Waals surface area contributed by atoms with E-state index in [9.17, 15) is 8.42 Å². The van der Waals surface area contributed by atoms with E-state index in [0.29, 0.717) is 12.4 Å². The number of ether oxygens (including phenoxy) is 1. The van der Waals surface area contributed by atoms with Crippen LogP contribution in [0.3, 0.4) is 0 Å². The molecular weight excluding hydrogens is 294 g/mol. The van der Waals surface area contributed by atoms with E-state index in [-0.39, 0.29) is 10.9 Å². The molecule has 0 aliphatic carbocycles. The Morgan fingerprint density at radius 2 is 1.95 bits per heavy atom. The van der Waals surface area contributed by atoms with Crippen LogP contribution in [0.2, 0.25) is 0 Å². The minimum Gasteiger partial charge on any atom is -0.494 e. The molecule has 1 aromatic heterocycles. The fourth-order valence-corrected chi connectivity index (χ4v) is 3.81. The molecule has 6 heteroatoms. The third-order valence-corrected chi connectivity index (χ3v) is 5.36. The van der Waals surface area contributed by atoms with Crippen LogP contribution >= 0.6 is 11.3 Å². The second kappa shape index (κ2) is 6.39. The summed E-state index contributed by atoms with van der Waals surface area (Å²) in [6.07, 6.45) is 0. The van der Waals surface area contributed by atoms with Crippen LogP contribution in [0.1, 0.15) is 24.8 Å². The molecule has 1 heterocycles. The maximum atomic E-state index is 12.3. The highest BCUT2D eigenvalue weighted by Crippen LogP contribution is 2.22. The van der Waals surface area contributed by atoms with Gasteiger partial charge in [-0.2, -0.15) is 0 Å². The SMILES string of the molecule is CCOc1ccc(S(=O)(=O)N[C@@H](C)c2cccs2)cc1. The molecule has 20 heavy (non-hydrogen) atoms. The average Bonchev–Trinajstić information content (AvgIpc) is 2.93. The molecule has 0 aliphatic rings. The van der Waals surface area contributed by atoms with Gasteiger partial charge >= 0.3 is 0 Å². The third-order valence-electron chi connectivity index (χ3n) is 2.75. The first-order chi connectivity index (χ1) is 9.53. The van der Waals surface area contributed by atoms with Crippen molar-refractivity contribution in [2.45, 2.75) is 24.8 Å². The summed E-state index contributed by atoms with van der Waals surface area (Å²) in [4.78, 5) is 1.23. The van der Waals surface area contributed by atoms with E-state index in [0.717, 1.165) is 4.88 Å². The van der Waals surface area contributed by atoms with Crippen LogP contribution in [0, 0.1) is 0 Å². The van der Waals surface area contributed by atoms with Crippen LogP contribution in [-0.4, -0.2) is 15.0 Å². The first kappa shape index (κ1) is 15.0. The van der Waals surface area contributed by atoms with Crippen molar-refractivity contribution in [3.8, 4) is 5.75 Å². The highest BCUT2D eigenvalue weighted by atomic mass is 32.2. The van der Waals surface area contributed by atoms with Crippen molar-refractivity contribution >= 4 is 21.4 Å². The zero-order valence-electron chi connectivity index (χ0n) is 11.4. The fraction of sp³-hybridized carbons (Fsp3) is 0.286. The first-order valence-corrected chi connectivity index (χ1v) is 8.68. The van der Waals surface area contributed by atoms with Crippen molar-refractivity contribution < 1.29 is 13.2 Å². The van der Waals surface area contributed by atoms with Gasteiger partial charge in [0.2, 0.25) is 10.0 Å². The predicted molar refractivity (Wildman–Crippen MR) is 80.7 cm³/mol. The zero-order valence-corrected chi connectivity index (χ0v) is 13.0. The van der Waals surface area contributed by atoms with Crippen LogP contribution in [0.15, 0.2) is 46.7 Å². The molecule has 0 bridgehead atoms. The van der Waals surface area contributed by atoms with Gasteiger partial charge < -0.3 is 4.74 Å². The normalized spacial score (nSPS) is 13.1. The number of sulfonamides is 1. The van der Waals surface area contributed by atoms with Crippen LogP contribution in [-0.2, 0) is 10.0 Å². The standard InChI is InChI=1S/C14H17NO3S2/c1-3-18-12-6-8-13(9-7-12)20(16,17)15-11(2)14-5-4-10-19-14/h4-11,15H,3H2,1-2H3/t11-/m0/s1. The van der Waals surface area contributed by atoms with Gasteiger partial charge in [-0.05, 0) is 49.6 Å². The molecule has 2 aromatic rings. The summed E-state index contributed by atoms with van der Waals surface area (Å²) < 4.78 is 32.5. The quantitative estimate of drug-likeness (QED) is 0.891. The van der Waals surface area contributed by atoms with E-state index in [1.165, 1.54) is 11.3 Å². The molecule has 0 saturated carbocycles. The first-order valence-electron chi connectivity index (χ1n) is 6.31. The summed E-state index contributed by atoms with van der Waals surface area (Å²) >= 11 is 1.53. The minimum absolute atomic E-state index is 0.240. The average molecular weight is 311 g/mol. The number of benzene rings is 1. The molecule has 1 aromatic carbocycles. The number of rotatable bonds is 6. The molecule has 0 aliphatic heterocycles. The minimum atomic E-state index is -3.52. The Kier molecular flexibility index (Phi) is 4.80. The van der Waals surface area contributed by atoms with Gasteiger partial charge in [0.25, 0.3) is 0 Å². The molecule has 4 nitrogen and oxygen atoms in total. The van der Waals surface area contributed by atoms with Crippen molar-refractivity contribution in [1.29, 1.82) is 0 Å². The topological polar surface area (TPSA) is 55.4 Å². The van der Waals surface area contributed by atoms with E-state index in [1.54, 1.807) is 24.3 Å². The molecule has 0 unspecified atom stereocenters. The molecule has 2 rings (SSSR count). The number of hydrogen-bond donors (Lipinski definition) is 1. The van der Waals surface area contributed by atoms with Crippen LogP contribution < -0.4 is 9.46 Å². The lowest BCUT2D eigenvalue weighted by atomic mass is 10.3. The Morgan fingerprint density at radius 1 is 1.25 bits per heavy atom. The molecule has 0 saturated heterocycles. The fourth-order valence-electron chi connectivity index (χ4n) is 1.78. The van der Waals surface area contributed by atoms with Gasteiger partial charge in [0.1, 0.15) is 5.75 Å². The van der Waals surface area contributed by atoms with Crippen molar-refractivity contribution in [3.05, 3.63) is 46.7 Å². The monoisotopic (exact) mass is 311 g/mol. The van der Waals surface area contributed by atoms with Gasteiger partial charge in [-0.25, -0.2) is 13.1 Å². The zero-order chi connectivity index (χ0) is 14.6.